The van der Waals surface area contributed by atoms with Gasteiger partial charge in [0.15, 0.2) is 12.4 Å². The highest BCUT2D eigenvalue weighted by molar-refractivity contribution is 5.96. The maximum Gasteiger partial charge on any atom is 0.306 e. The van der Waals surface area contributed by atoms with Gasteiger partial charge in [-0.15, -0.1) is 0 Å². The summed E-state index contributed by atoms with van der Waals surface area (Å²) in [5.74, 6) is -0.834. The Bertz CT molecular complexity index is 908. The van der Waals surface area contributed by atoms with Crippen molar-refractivity contribution < 1.29 is 28.7 Å². The second-order valence-electron chi connectivity index (χ2n) is 6.44. The molecule has 0 saturated heterocycles. The van der Waals surface area contributed by atoms with E-state index in [2.05, 4.69) is 10.6 Å². The van der Waals surface area contributed by atoms with E-state index in [1.807, 2.05) is 0 Å². The number of anilines is 2. The van der Waals surface area contributed by atoms with Gasteiger partial charge in [-0.1, -0.05) is 12.1 Å². The number of hydrogen-bond acceptors (Lipinski definition) is 6. The molecule has 0 fully saturated rings. The summed E-state index contributed by atoms with van der Waals surface area (Å²) in [5.41, 5.74) is 1.59. The highest BCUT2D eigenvalue weighted by Crippen LogP contribution is 2.23. The largest absolute Gasteiger partial charge is 0.495 e. The van der Waals surface area contributed by atoms with E-state index < -0.39 is 18.5 Å². The van der Waals surface area contributed by atoms with Crippen LogP contribution in [0.25, 0.3) is 0 Å². The number of amides is 2. The van der Waals surface area contributed by atoms with Crippen molar-refractivity contribution in [1.82, 2.24) is 0 Å². The fraction of sp³-hybridized carbons (Fsp3) is 0.273. The van der Waals surface area contributed by atoms with Gasteiger partial charge in [-0.25, -0.2) is 0 Å². The van der Waals surface area contributed by atoms with Crippen LogP contribution in [0.1, 0.15) is 36.5 Å². The standard InChI is InChI=1S/C22H24N2O6/c1-15(25)16-10-12-17(13-11-16)23-21(27)14-30-22(28)9-5-8-20(26)24-18-6-3-4-7-19(18)29-2/h3-4,6-7,10-13H,5,8-9,14H2,1-2H3,(H,23,27)(H,24,26). The van der Waals surface area contributed by atoms with Crippen molar-refractivity contribution in [2.45, 2.75) is 26.2 Å². The van der Waals surface area contributed by atoms with Crippen molar-refractivity contribution in [3.63, 3.8) is 0 Å². The Morgan fingerprint density at radius 1 is 0.867 bits per heavy atom. The molecule has 0 bridgehead atoms. The third kappa shape index (κ3) is 7.38. The third-order valence-corrected chi connectivity index (χ3v) is 4.11. The number of ether oxygens (including phenoxy) is 2. The van der Waals surface area contributed by atoms with Crippen LogP contribution < -0.4 is 15.4 Å². The SMILES string of the molecule is COc1ccccc1NC(=O)CCCC(=O)OCC(=O)Nc1ccc(C(C)=O)cc1. The van der Waals surface area contributed by atoms with E-state index >= 15 is 0 Å². The minimum absolute atomic E-state index is 0.0138. The molecule has 0 atom stereocenters. The minimum Gasteiger partial charge on any atom is -0.495 e. The van der Waals surface area contributed by atoms with Gasteiger partial charge in [-0.3, -0.25) is 19.2 Å². The number of hydrogen-bond donors (Lipinski definition) is 2. The van der Waals surface area contributed by atoms with Crippen molar-refractivity contribution in [2.24, 2.45) is 0 Å². The Labute approximate surface area is 174 Å². The molecule has 0 spiro atoms. The predicted molar refractivity (Wildman–Crippen MR) is 112 cm³/mol. The van der Waals surface area contributed by atoms with Crippen LogP contribution in [0.4, 0.5) is 11.4 Å². The number of benzene rings is 2. The average molecular weight is 412 g/mol. The van der Waals surface area contributed by atoms with Gasteiger partial charge in [-0.2, -0.15) is 0 Å². The number of esters is 1. The summed E-state index contributed by atoms with van der Waals surface area (Å²) in [5, 5.41) is 5.29. The summed E-state index contributed by atoms with van der Waals surface area (Å²) in [6.07, 6.45) is 0.426. The fourth-order valence-electron chi connectivity index (χ4n) is 2.56. The van der Waals surface area contributed by atoms with E-state index in [4.69, 9.17) is 9.47 Å². The maximum atomic E-state index is 12.0. The van der Waals surface area contributed by atoms with Crippen molar-refractivity contribution in [1.29, 1.82) is 0 Å². The highest BCUT2D eigenvalue weighted by Gasteiger charge is 2.11. The zero-order valence-electron chi connectivity index (χ0n) is 16.9. The van der Waals surface area contributed by atoms with Gasteiger partial charge in [0.1, 0.15) is 5.75 Å². The van der Waals surface area contributed by atoms with Crippen molar-refractivity contribution >= 4 is 34.9 Å². The van der Waals surface area contributed by atoms with Gasteiger partial charge in [-0.05, 0) is 49.7 Å². The zero-order chi connectivity index (χ0) is 21.9. The Balaban J connectivity index is 1.66. The van der Waals surface area contributed by atoms with E-state index in [9.17, 15) is 19.2 Å². The van der Waals surface area contributed by atoms with Crippen molar-refractivity contribution in [3.8, 4) is 5.75 Å². The summed E-state index contributed by atoms with van der Waals surface area (Å²) < 4.78 is 10.1. The molecule has 0 unspecified atom stereocenters. The molecule has 0 aliphatic rings. The number of carbonyl (C=O) groups excluding carboxylic acids is 4. The minimum atomic E-state index is -0.567. The molecule has 2 amide bonds. The van der Waals surface area contributed by atoms with Crippen LogP contribution in [0.15, 0.2) is 48.5 Å². The van der Waals surface area contributed by atoms with Gasteiger partial charge in [0.2, 0.25) is 5.91 Å². The van der Waals surface area contributed by atoms with Crippen LogP contribution in [0.3, 0.4) is 0 Å². The lowest BCUT2D eigenvalue weighted by molar-refractivity contribution is -0.147. The molecular weight excluding hydrogens is 388 g/mol. The second-order valence-corrected chi connectivity index (χ2v) is 6.44. The van der Waals surface area contributed by atoms with E-state index in [0.717, 1.165) is 0 Å². The Kier molecular flexibility index (Phi) is 8.56. The maximum absolute atomic E-state index is 12.0. The van der Waals surface area contributed by atoms with Crippen LogP contribution >= 0.6 is 0 Å². The molecule has 0 saturated carbocycles. The summed E-state index contributed by atoms with van der Waals surface area (Å²) in [6, 6.07) is 13.4. The average Bonchev–Trinajstić information content (AvgIpc) is 2.73. The van der Waals surface area contributed by atoms with Gasteiger partial charge >= 0.3 is 5.97 Å². The monoisotopic (exact) mass is 412 g/mol. The number of methoxy groups -OCH3 is 1. The molecule has 2 rings (SSSR count). The van der Waals surface area contributed by atoms with Gasteiger partial charge < -0.3 is 20.1 Å². The summed E-state index contributed by atoms with van der Waals surface area (Å²) >= 11 is 0. The number of rotatable bonds is 10. The van der Waals surface area contributed by atoms with Crippen LogP contribution in [0.5, 0.6) is 5.75 Å². The fourth-order valence-corrected chi connectivity index (χ4v) is 2.56. The first-order chi connectivity index (χ1) is 14.4. The van der Waals surface area contributed by atoms with Gasteiger partial charge in [0, 0.05) is 24.1 Å². The number of carbonyl (C=O) groups is 4. The highest BCUT2D eigenvalue weighted by atomic mass is 16.5. The van der Waals surface area contributed by atoms with Crippen LogP contribution in [-0.4, -0.2) is 37.3 Å². The summed E-state index contributed by atoms with van der Waals surface area (Å²) in [7, 11) is 1.51. The molecule has 0 aliphatic carbocycles. The Hall–Kier alpha value is -3.68. The molecule has 0 aliphatic heterocycles. The smallest absolute Gasteiger partial charge is 0.306 e. The molecule has 8 heteroatoms. The quantitative estimate of drug-likeness (QED) is 0.458. The van der Waals surface area contributed by atoms with E-state index in [1.54, 1.807) is 48.5 Å². The molecule has 2 aromatic carbocycles. The summed E-state index contributed by atoms with van der Waals surface area (Å²) in [6.45, 7) is 1.02. The predicted octanol–water partition coefficient (Wildman–Crippen LogP) is 3.19. The molecule has 158 valence electrons. The normalized spacial score (nSPS) is 10.1. The Morgan fingerprint density at radius 3 is 2.23 bits per heavy atom. The van der Waals surface area contributed by atoms with Gasteiger partial charge in [0.25, 0.3) is 5.91 Å². The lowest BCUT2D eigenvalue weighted by atomic mass is 10.1. The van der Waals surface area contributed by atoms with Crippen LogP contribution in [-0.2, 0) is 19.1 Å². The van der Waals surface area contributed by atoms with Crippen molar-refractivity contribution in [3.05, 3.63) is 54.1 Å². The van der Waals surface area contributed by atoms with Gasteiger partial charge in [0.05, 0.1) is 12.8 Å². The first-order valence-corrected chi connectivity index (χ1v) is 9.38. The first-order valence-electron chi connectivity index (χ1n) is 9.38. The number of Topliss-reactive ketones (excluding diaryl/α,β-unsaturated/α-hetero) is 1. The molecule has 30 heavy (non-hydrogen) atoms. The molecule has 0 heterocycles. The Morgan fingerprint density at radius 2 is 1.57 bits per heavy atom. The third-order valence-electron chi connectivity index (χ3n) is 4.11. The first kappa shape index (κ1) is 22.6. The molecular formula is C22H24N2O6. The van der Waals surface area contributed by atoms with Crippen LogP contribution in [0.2, 0.25) is 0 Å². The summed E-state index contributed by atoms with van der Waals surface area (Å²) in [4.78, 5) is 46.8. The van der Waals surface area contributed by atoms with Crippen molar-refractivity contribution in [2.75, 3.05) is 24.4 Å². The molecule has 2 aromatic rings. The second kappa shape index (κ2) is 11.4. The van der Waals surface area contributed by atoms with E-state index in [-0.39, 0.29) is 31.0 Å². The van der Waals surface area contributed by atoms with E-state index in [0.29, 0.717) is 22.7 Å². The topological polar surface area (TPSA) is 111 Å². The number of nitrogens with one attached hydrogen (secondary N) is 2. The molecule has 0 radical (unpaired) electrons. The molecule has 0 aromatic heterocycles. The molecule has 8 nitrogen and oxygen atoms in total. The lowest BCUT2D eigenvalue weighted by Crippen LogP contribution is -2.21. The van der Waals surface area contributed by atoms with E-state index in [1.165, 1.54) is 14.0 Å². The lowest BCUT2D eigenvalue weighted by Gasteiger charge is -2.09. The van der Waals surface area contributed by atoms with Crippen LogP contribution in [0, 0.1) is 0 Å². The zero-order valence-corrected chi connectivity index (χ0v) is 16.9. The number of ketones is 1. The molecule has 2 N–H and O–H groups in total. The number of para-hydroxylation sites is 2.